The van der Waals surface area contributed by atoms with Crippen LogP contribution in [0.1, 0.15) is 24.6 Å². The van der Waals surface area contributed by atoms with Crippen molar-refractivity contribution in [2.45, 2.75) is 32.9 Å². The van der Waals surface area contributed by atoms with Crippen molar-refractivity contribution in [2.75, 3.05) is 0 Å². The standard InChI is InChI=1S/C17H20N4O/c1-2-21-10-9-14(20-21)12-19-17(22)8-7-13-11-18-16-6-4-3-5-15(13)16/h3-6,9-11,18H,2,7-8,12H2,1H3,(H,19,22). The van der Waals surface area contributed by atoms with Crippen LogP contribution < -0.4 is 5.32 Å². The van der Waals surface area contributed by atoms with E-state index in [1.807, 2.05) is 48.3 Å². The third kappa shape index (κ3) is 3.19. The van der Waals surface area contributed by atoms with E-state index >= 15 is 0 Å². The molecule has 2 N–H and O–H groups in total. The number of hydrogen-bond acceptors (Lipinski definition) is 2. The first-order chi connectivity index (χ1) is 10.8. The zero-order chi connectivity index (χ0) is 15.4. The van der Waals surface area contributed by atoms with Crippen LogP contribution in [0.3, 0.4) is 0 Å². The molecule has 0 aliphatic carbocycles. The van der Waals surface area contributed by atoms with Crippen molar-refractivity contribution >= 4 is 16.8 Å². The summed E-state index contributed by atoms with van der Waals surface area (Å²) in [6, 6.07) is 10.1. The quantitative estimate of drug-likeness (QED) is 0.734. The molecule has 2 heterocycles. The van der Waals surface area contributed by atoms with Gasteiger partial charge >= 0.3 is 0 Å². The minimum Gasteiger partial charge on any atom is -0.361 e. The molecule has 3 rings (SSSR count). The van der Waals surface area contributed by atoms with E-state index in [-0.39, 0.29) is 5.91 Å². The van der Waals surface area contributed by atoms with Gasteiger partial charge in [-0.2, -0.15) is 5.10 Å². The highest BCUT2D eigenvalue weighted by Gasteiger charge is 2.07. The molecule has 0 aliphatic heterocycles. The number of nitrogens with zero attached hydrogens (tertiary/aromatic N) is 2. The number of aromatic amines is 1. The number of rotatable bonds is 6. The molecular formula is C17H20N4O. The fraction of sp³-hybridized carbons (Fsp3) is 0.294. The highest BCUT2D eigenvalue weighted by molar-refractivity contribution is 5.84. The minimum absolute atomic E-state index is 0.0522. The molecule has 0 unspecified atom stereocenters. The van der Waals surface area contributed by atoms with Gasteiger partial charge in [-0.25, -0.2) is 0 Å². The van der Waals surface area contributed by atoms with Gasteiger partial charge in [0.2, 0.25) is 5.91 Å². The van der Waals surface area contributed by atoms with Gasteiger partial charge in [0.05, 0.1) is 12.2 Å². The van der Waals surface area contributed by atoms with Crippen molar-refractivity contribution in [1.82, 2.24) is 20.1 Å². The van der Waals surface area contributed by atoms with Gasteiger partial charge in [-0.05, 0) is 31.0 Å². The predicted octanol–water partition coefficient (Wildman–Crippen LogP) is 2.63. The van der Waals surface area contributed by atoms with E-state index in [0.717, 1.165) is 24.2 Å². The number of aromatic nitrogens is 3. The Bertz CT molecular complexity index is 772. The molecular weight excluding hydrogens is 276 g/mol. The smallest absolute Gasteiger partial charge is 0.220 e. The zero-order valence-electron chi connectivity index (χ0n) is 12.7. The van der Waals surface area contributed by atoms with Gasteiger partial charge < -0.3 is 10.3 Å². The first kappa shape index (κ1) is 14.4. The van der Waals surface area contributed by atoms with Crippen LogP contribution in [0.15, 0.2) is 42.7 Å². The summed E-state index contributed by atoms with van der Waals surface area (Å²) in [5.41, 5.74) is 3.19. The lowest BCUT2D eigenvalue weighted by Crippen LogP contribution is -2.23. The monoisotopic (exact) mass is 296 g/mol. The maximum absolute atomic E-state index is 12.0. The number of carbonyl (C=O) groups excluding carboxylic acids is 1. The average Bonchev–Trinajstić information content (AvgIpc) is 3.17. The van der Waals surface area contributed by atoms with E-state index in [4.69, 9.17) is 0 Å². The molecule has 2 aromatic heterocycles. The van der Waals surface area contributed by atoms with Gasteiger partial charge in [0.25, 0.3) is 0 Å². The summed E-state index contributed by atoms with van der Waals surface area (Å²) in [6.45, 7) is 3.37. The summed E-state index contributed by atoms with van der Waals surface area (Å²) in [4.78, 5) is 15.2. The second-order valence-electron chi connectivity index (χ2n) is 5.30. The van der Waals surface area contributed by atoms with E-state index in [1.165, 1.54) is 10.9 Å². The average molecular weight is 296 g/mol. The van der Waals surface area contributed by atoms with Crippen molar-refractivity contribution in [3.05, 3.63) is 54.0 Å². The molecule has 0 fully saturated rings. The SMILES string of the molecule is CCn1ccc(CNC(=O)CCc2c[nH]c3ccccc23)n1. The Kier molecular flexibility index (Phi) is 4.23. The molecule has 114 valence electrons. The van der Waals surface area contributed by atoms with Crippen LogP contribution >= 0.6 is 0 Å². The Labute approximate surface area is 129 Å². The lowest BCUT2D eigenvalue weighted by atomic mass is 10.1. The summed E-state index contributed by atoms with van der Waals surface area (Å²) < 4.78 is 1.85. The molecule has 22 heavy (non-hydrogen) atoms. The summed E-state index contributed by atoms with van der Waals surface area (Å²) >= 11 is 0. The number of nitrogens with one attached hydrogen (secondary N) is 2. The van der Waals surface area contributed by atoms with Gasteiger partial charge in [-0.15, -0.1) is 0 Å². The van der Waals surface area contributed by atoms with Gasteiger partial charge in [0.1, 0.15) is 0 Å². The molecule has 3 aromatic rings. The number of benzene rings is 1. The van der Waals surface area contributed by atoms with E-state index < -0.39 is 0 Å². The Morgan fingerprint density at radius 1 is 1.32 bits per heavy atom. The second kappa shape index (κ2) is 6.47. The van der Waals surface area contributed by atoms with E-state index in [9.17, 15) is 4.79 Å². The van der Waals surface area contributed by atoms with E-state index in [0.29, 0.717) is 13.0 Å². The minimum atomic E-state index is 0.0522. The molecule has 0 saturated heterocycles. The Hall–Kier alpha value is -2.56. The Morgan fingerprint density at radius 2 is 2.18 bits per heavy atom. The topological polar surface area (TPSA) is 62.7 Å². The predicted molar refractivity (Wildman–Crippen MR) is 86.4 cm³/mol. The third-order valence-corrected chi connectivity index (χ3v) is 3.78. The van der Waals surface area contributed by atoms with Crippen molar-refractivity contribution in [1.29, 1.82) is 0 Å². The van der Waals surface area contributed by atoms with Crippen molar-refractivity contribution < 1.29 is 4.79 Å². The number of hydrogen-bond donors (Lipinski definition) is 2. The number of H-pyrrole nitrogens is 1. The molecule has 1 amide bonds. The normalized spacial score (nSPS) is 11.0. The first-order valence-corrected chi connectivity index (χ1v) is 7.60. The highest BCUT2D eigenvalue weighted by atomic mass is 16.1. The van der Waals surface area contributed by atoms with E-state index in [1.54, 1.807) is 0 Å². The van der Waals surface area contributed by atoms with Gasteiger partial charge in [-0.3, -0.25) is 9.48 Å². The van der Waals surface area contributed by atoms with Crippen molar-refractivity contribution in [3.63, 3.8) is 0 Å². The summed E-state index contributed by atoms with van der Waals surface area (Å²) in [7, 11) is 0. The number of para-hydroxylation sites is 1. The lowest BCUT2D eigenvalue weighted by Gasteiger charge is -2.03. The Morgan fingerprint density at radius 3 is 3.00 bits per heavy atom. The fourth-order valence-corrected chi connectivity index (χ4v) is 2.54. The van der Waals surface area contributed by atoms with Crippen LogP contribution in [0.5, 0.6) is 0 Å². The fourth-order valence-electron chi connectivity index (χ4n) is 2.54. The molecule has 0 spiro atoms. The molecule has 0 atom stereocenters. The van der Waals surface area contributed by atoms with Crippen LogP contribution in [-0.2, 0) is 24.3 Å². The number of aryl methyl sites for hydroxylation is 2. The van der Waals surface area contributed by atoms with Crippen LogP contribution in [-0.4, -0.2) is 20.7 Å². The number of carbonyl (C=O) groups is 1. The molecule has 0 bridgehead atoms. The molecule has 5 nitrogen and oxygen atoms in total. The summed E-state index contributed by atoms with van der Waals surface area (Å²) in [5.74, 6) is 0.0522. The van der Waals surface area contributed by atoms with Crippen LogP contribution in [0.4, 0.5) is 0 Å². The summed E-state index contributed by atoms with van der Waals surface area (Å²) in [6.07, 6.45) is 5.13. The summed E-state index contributed by atoms with van der Waals surface area (Å²) in [5, 5.41) is 8.46. The largest absolute Gasteiger partial charge is 0.361 e. The first-order valence-electron chi connectivity index (χ1n) is 7.60. The molecule has 5 heteroatoms. The molecule has 0 aliphatic rings. The molecule has 0 radical (unpaired) electrons. The maximum atomic E-state index is 12.0. The van der Waals surface area contributed by atoms with Gasteiger partial charge in [-0.1, -0.05) is 18.2 Å². The number of amides is 1. The van der Waals surface area contributed by atoms with Crippen LogP contribution in [0, 0.1) is 0 Å². The molecule has 1 aromatic carbocycles. The van der Waals surface area contributed by atoms with Crippen molar-refractivity contribution in [2.24, 2.45) is 0 Å². The second-order valence-corrected chi connectivity index (χ2v) is 5.30. The van der Waals surface area contributed by atoms with Crippen molar-refractivity contribution in [3.8, 4) is 0 Å². The Balaban J connectivity index is 1.52. The zero-order valence-corrected chi connectivity index (χ0v) is 12.7. The van der Waals surface area contributed by atoms with Gasteiger partial charge in [0.15, 0.2) is 0 Å². The molecule has 0 saturated carbocycles. The van der Waals surface area contributed by atoms with Gasteiger partial charge in [0, 0.05) is 36.3 Å². The van der Waals surface area contributed by atoms with Crippen LogP contribution in [0.25, 0.3) is 10.9 Å². The van der Waals surface area contributed by atoms with Crippen LogP contribution in [0.2, 0.25) is 0 Å². The lowest BCUT2D eigenvalue weighted by molar-refractivity contribution is -0.121. The highest BCUT2D eigenvalue weighted by Crippen LogP contribution is 2.18. The third-order valence-electron chi connectivity index (χ3n) is 3.78. The maximum Gasteiger partial charge on any atom is 0.220 e. The van der Waals surface area contributed by atoms with E-state index in [2.05, 4.69) is 21.5 Å². The number of fused-ring (bicyclic) bond motifs is 1.